The van der Waals surface area contributed by atoms with Crippen molar-refractivity contribution in [1.29, 1.82) is 0 Å². The van der Waals surface area contributed by atoms with Crippen LogP contribution in [-0.2, 0) is 20.0 Å². The van der Waals surface area contributed by atoms with Crippen LogP contribution in [0.4, 0.5) is 0 Å². The molecule has 0 saturated heterocycles. The fourth-order valence-electron chi connectivity index (χ4n) is 1.78. The SMILES string of the molecule is Cc1ccc(CN)cc1Cc1nccn1C. The maximum absolute atomic E-state index is 5.65. The van der Waals surface area contributed by atoms with Gasteiger partial charge in [0.15, 0.2) is 0 Å². The van der Waals surface area contributed by atoms with Crippen molar-refractivity contribution in [2.75, 3.05) is 0 Å². The second kappa shape index (κ2) is 4.49. The summed E-state index contributed by atoms with van der Waals surface area (Å²) in [4.78, 5) is 4.34. The zero-order chi connectivity index (χ0) is 11.5. The molecule has 0 spiro atoms. The van der Waals surface area contributed by atoms with Crippen LogP contribution >= 0.6 is 0 Å². The Balaban J connectivity index is 2.30. The van der Waals surface area contributed by atoms with Crippen LogP contribution in [0.5, 0.6) is 0 Å². The van der Waals surface area contributed by atoms with E-state index in [1.807, 2.05) is 19.4 Å². The molecular formula is C13H17N3. The average molecular weight is 215 g/mol. The molecule has 0 aliphatic rings. The molecule has 2 aromatic rings. The lowest BCUT2D eigenvalue weighted by atomic mass is 10.0. The number of nitrogens with two attached hydrogens (primary N) is 1. The van der Waals surface area contributed by atoms with E-state index in [1.54, 1.807) is 0 Å². The first-order valence-corrected chi connectivity index (χ1v) is 5.45. The molecule has 84 valence electrons. The van der Waals surface area contributed by atoms with Crippen molar-refractivity contribution in [3.63, 3.8) is 0 Å². The predicted octanol–water partition coefficient (Wildman–Crippen LogP) is 1.78. The summed E-state index contributed by atoms with van der Waals surface area (Å²) in [6, 6.07) is 6.38. The van der Waals surface area contributed by atoms with Crippen LogP contribution in [-0.4, -0.2) is 9.55 Å². The zero-order valence-electron chi connectivity index (χ0n) is 9.77. The van der Waals surface area contributed by atoms with Crippen LogP contribution in [0.1, 0.15) is 22.5 Å². The number of hydrogen-bond donors (Lipinski definition) is 1. The molecule has 0 unspecified atom stereocenters. The van der Waals surface area contributed by atoms with E-state index in [1.165, 1.54) is 16.7 Å². The van der Waals surface area contributed by atoms with Gasteiger partial charge in [-0.1, -0.05) is 18.2 Å². The van der Waals surface area contributed by atoms with Crippen molar-refractivity contribution in [2.24, 2.45) is 12.8 Å². The van der Waals surface area contributed by atoms with Crippen molar-refractivity contribution in [1.82, 2.24) is 9.55 Å². The van der Waals surface area contributed by atoms with Gasteiger partial charge in [0.2, 0.25) is 0 Å². The van der Waals surface area contributed by atoms with Crippen LogP contribution < -0.4 is 5.73 Å². The van der Waals surface area contributed by atoms with Gasteiger partial charge in [-0.25, -0.2) is 4.98 Å². The highest BCUT2D eigenvalue weighted by atomic mass is 15.0. The summed E-state index contributed by atoms with van der Waals surface area (Å²) in [5.74, 6) is 1.08. The van der Waals surface area contributed by atoms with Gasteiger partial charge in [0, 0.05) is 32.4 Å². The Bertz CT molecular complexity index is 486. The van der Waals surface area contributed by atoms with E-state index in [-0.39, 0.29) is 0 Å². The lowest BCUT2D eigenvalue weighted by Crippen LogP contribution is -2.02. The van der Waals surface area contributed by atoms with Crippen molar-refractivity contribution < 1.29 is 0 Å². The first-order valence-electron chi connectivity index (χ1n) is 5.45. The molecule has 1 aromatic carbocycles. The van der Waals surface area contributed by atoms with E-state index in [0.717, 1.165) is 12.2 Å². The van der Waals surface area contributed by atoms with E-state index < -0.39 is 0 Å². The van der Waals surface area contributed by atoms with Gasteiger partial charge in [0.05, 0.1) is 0 Å². The second-order valence-corrected chi connectivity index (χ2v) is 4.10. The Morgan fingerprint density at radius 3 is 2.81 bits per heavy atom. The van der Waals surface area contributed by atoms with Gasteiger partial charge in [-0.3, -0.25) is 0 Å². The highest BCUT2D eigenvalue weighted by Gasteiger charge is 2.04. The summed E-state index contributed by atoms with van der Waals surface area (Å²) < 4.78 is 2.05. The molecule has 3 nitrogen and oxygen atoms in total. The molecule has 3 heteroatoms. The largest absolute Gasteiger partial charge is 0.338 e. The monoisotopic (exact) mass is 215 g/mol. The van der Waals surface area contributed by atoms with Crippen molar-refractivity contribution in [3.05, 3.63) is 53.1 Å². The minimum Gasteiger partial charge on any atom is -0.338 e. The maximum atomic E-state index is 5.65. The van der Waals surface area contributed by atoms with E-state index >= 15 is 0 Å². The Hall–Kier alpha value is -1.61. The van der Waals surface area contributed by atoms with Crippen LogP contribution in [0.3, 0.4) is 0 Å². The number of benzene rings is 1. The molecule has 0 saturated carbocycles. The molecule has 0 radical (unpaired) electrons. The number of aromatic nitrogens is 2. The van der Waals surface area contributed by atoms with Gasteiger partial charge in [-0.2, -0.15) is 0 Å². The summed E-state index contributed by atoms with van der Waals surface area (Å²) in [5, 5.41) is 0. The minimum atomic E-state index is 0.591. The number of rotatable bonds is 3. The van der Waals surface area contributed by atoms with Gasteiger partial charge in [-0.05, 0) is 23.6 Å². The van der Waals surface area contributed by atoms with E-state index in [9.17, 15) is 0 Å². The highest BCUT2D eigenvalue weighted by Crippen LogP contribution is 2.14. The third-order valence-corrected chi connectivity index (χ3v) is 2.92. The molecule has 2 N–H and O–H groups in total. The van der Waals surface area contributed by atoms with Crippen LogP contribution in [0.2, 0.25) is 0 Å². The summed E-state index contributed by atoms with van der Waals surface area (Å²) in [5.41, 5.74) is 9.42. The van der Waals surface area contributed by atoms with Crippen molar-refractivity contribution in [3.8, 4) is 0 Å². The number of nitrogens with zero attached hydrogens (tertiary/aromatic N) is 2. The first kappa shape index (κ1) is 10.9. The van der Waals surface area contributed by atoms with Gasteiger partial charge in [0.25, 0.3) is 0 Å². The molecule has 2 rings (SSSR count). The molecule has 0 atom stereocenters. The van der Waals surface area contributed by atoms with E-state index in [4.69, 9.17) is 5.73 Å². The average Bonchev–Trinajstić information content (AvgIpc) is 2.68. The van der Waals surface area contributed by atoms with Crippen LogP contribution in [0.25, 0.3) is 0 Å². The van der Waals surface area contributed by atoms with E-state index in [0.29, 0.717) is 6.54 Å². The molecule has 0 fully saturated rings. The number of imidazole rings is 1. The molecule has 0 bridgehead atoms. The summed E-state index contributed by atoms with van der Waals surface area (Å²) in [6.45, 7) is 2.71. The molecule has 1 aromatic heterocycles. The van der Waals surface area contributed by atoms with Gasteiger partial charge < -0.3 is 10.3 Å². The van der Waals surface area contributed by atoms with Gasteiger partial charge >= 0.3 is 0 Å². The Labute approximate surface area is 95.9 Å². The fraction of sp³-hybridized carbons (Fsp3) is 0.308. The molecule has 0 amide bonds. The Morgan fingerprint density at radius 1 is 1.38 bits per heavy atom. The molecule has 16 heavy (non-hydrogen) atoms. The molecule has 0 aliphatic heterocycles. The zero-order valence-corrected chi connectivity index (χ0v) is 9.77. The smallest absolute Gasteiger partial charge is 0.112 e. The van der Waals surface area contributed by atoms with Crippen LogP contribution in [0.15, 0.2) is 30.6 Å². The topological polar surface area (TPSA) is 43.8 Å². The quantitative estimate of drug-likeness (QED) is 0.848. The summed E-state index contributed by atoms with van der Waals surface area (Å²) in [6.07, 6.45) is 4.66. The van der Waals surface area contributed by atoms with Crippen LogP contribution in [0, 0.1) is 6.92 Å². The predicted molar refractivity (Wildman–Crippen MR) is 65.1 cm³/mol. The highest BCUT2D eigenvalue weighted by molar-refractivity contribution is 5.33. The Morgan fingerprint density at radius 2 is 2.19 bits per heavy atom. The minimum absolute atomic E-state index is 0.591. The standard InChI is InChI=1S/C13H17N3/c1-10-3-4-11(9-14)7-12(10)8-13-15-5-6-16(13)2/h3-7H,8-9,14H2,1-2H3. The third kappa shape index (κ3) is 2.14. The first-order chi connectivity index (χ1) is 7.70. The maximum Gasteiger partial charge on any atom is 0.112 e. The second-order valence-electron chi connectivity index (χ2n) is 4.10. The lowest BCUT2D eigenvalue weighted by Gasteiger charge is -2.08. The number of hydrogen-bond acceptors (Lipinski definition) is 2. The van der Waals surface area contributed by atoms with Crippen molar-refractivity contribution in [2.45, 2.75) is 19.9 Å². The normalized spacial score (nSPS) is 10.7. The Kier molecular flexibility index (Phi) is 3.06. The molecular weight excluding hydrogens is 198 g/mol. The lowest BCUT2D eigenvalue weighted by molar-refractivity contribution is 0.818. The molecule has 1 heterocycles. The summed E-state index contributed by atoms with van der Waals surface area (Å²) >= 11 is 0. The number of aryl methyl sites for hydroxylation is 2. The van der Waals surface area contributed by atoms with E-state index in [2.05, 4.69) is 34.7 Å². The van der Waals surface area contributed by atoms with Gasteiger partial charge in [0.1, 0.15) is 5.82 Å². The van der Waals surface area contributed by atoms with Gasteiger partial charge in [-0.15, -0.1) is 0 Å². The molecule has 0 aliphatic carbocycles. The summed E-state index contributed by atoms with van der Waals surface area (Å²) in [7, 11) is 2.02. The fourth-order valence-corrected chi connectivity index (χ4v) is 1.78. The third-order valence-electron chi connectivity index (χ3n) is 2.92. The van der Waals surface area contributed by atoms with Crippen molar-refractivity contribution >= 4 is 0 Å².